The van der Waals surface area contributed by atoms with Gasteiger partial charge in [-0.25, -0.2) is 0 Å². The monoisotopic (exact) mass is 706 g/mol. The van der Waals surface area contributed by atoms with Gasteiger partial charge in [-0.05, 0) is 127 Å². The average Bonchev–Trinajstić information content (AvgIpc) is 3.69. The van der Waals surface area contributed by atoms with Gasteiger partial charge in [0.25, 0.3) is 0 Å². The molecule has 0 saturated carbocycles. The predicted molar refractivity (Wildman–Crippen MR) is 231 cm³/mol. The van der Waals surface area contributed by atoms with Crippen molar-refractivity contribution in [3.8, 4) is 43.8 Å². The van der Waals surface area contributed by atoms with Gasteiger partial charge in [0, 0.05) is 28.1 Å². The van der Waals surface area contributed by atoms with Crippen molar-refractivity contribution in [1.82, 2.24) is 4.98 Å². The number of hydrogen-bond acceptors (Lipinski definition) is 3. The zero-order valence-corrected chi connectivity index (χ0v) is 30.2. The molecule has 0 aliphatic rings. The third kappa shape index (κ3) is 6.11. The van der Waals surface area contributed by atoms with Crippen LogP contribution in [0.3, 0.4) is 0 Å². The molecule has 2 nitrogen and oxygen atoms in total. The fraction of sp³-hybridized carbons (Fsp3) is 0. The van der Waals surface area contributed by atoms with Crippen molar-refractivity contribution >= 4 is 60.2 Å². The van der Waals surface area contributed by atoms with Gasteiger partial charge in [0.1, 0.15) is 0 Å². The highest BCUT2D eigenvalue weighted by atomic mass is 32.1. The van der Waals surface area contributed by atoms with Crippen LogP contribution in [-0.2, 0) is 0 Å². The zero-order chi connectivity index (χ0) is 35.8. The van der Waals surface area contributed by atoms with Gasteiger partial charge in [0.2, 0.25) is 0 Å². The minimum atomic E-state index is 1.04. The minimum absolute atomic E-state index is 1.04. The second kappa shape index (κ2) is 13.6. The molecule has 8 aromatic carbocycles. The van der Waals surface area contributed by atoms with Crippen LogP contribution < -0.4 is 4.90 Å². The molecule has 0 unspecified atom stereocenters. The Hall–Kier alpha value is -6.81. The van der Waals surface area contributed by atoms with Gasteiger partial charge < -0.3 is 4.90 Å². The topological polar surface area (TPSA) is 16.1 Å². The standard InChI is InChI=1S/C51H34N2S/c1-3-8-42-32-44(17-15-35(42)6-1)39-13-11-37(12-14-39)38-19-25-46(26-20-38)53(48-29-23-41(24-30-48)51-34-49-50(54-51)10-5-31-52-49)47-27-21-40(22-28-47)45-18-16-36-7-2-4-9-43(36)33-45/h1-34H. The highest BCUT2D eigenvalue weighted by Crippen LogP contribution is 2.39. The summed E-state index contributed by atoms with van der Waals surface area (Å²) in [5.74, 6) is 0. The molecule has 0 radical (unpaired) electrons. The first-order valence-corrected chi connectivity index (χ1v) is 19.1. The molecule has 0 N–H and O–H groups in total. The van der Waals surface area contributed by atoms with Gasteiger partial charge in [-0.3, -0.25) is 4.98 Å². The maximum atomic E-state index is 4.56. The lowest BCUT2D eigenvalue weighted by Gasteiger charge is -2.26. The summed E-state index contributed by atoms with van der Waals surface area (Å²) in [6.45, 7) is 0. The average molecular weight is 707 g/mol. The summed E-state index contributed by atoms with van der Waals surface area (Å²) in [5.41, 5.74) is 12.8. The van der Waals surface area contributed by atoms with Crippen LogP contribution in [0.2, 0.25) is 0 Å². The molecule has 0 aliphatic heterocycles. The molecule has 54 heavy (non-hydrogen) atoms. The second-order valence-electron chi connectivity index (χ2n) is 13.7. The Balaban J connectivity index is 0.975. The van der Waals surface area contributed by atoms with Gasteiger partial charge in [-0.2, -0.15) is 0 Å². The van der Waals surface area contributed by atoms with E-state index in [9.17, 15) is 0 Å². The highest BCUT2D eigenvalue weighted by molar-refractivity contribution is 7.22. The van der Waals surface area contributed by atoms with Crippen LogP contribution in [0.5, 0.6) is 0 Å². The molecule has 3 heteroatoms. The predicted octanol–water partition coefficient (Wildman–Crippen LogP) is 14.7. The second-order valence-corrected chi connectivity index (χ2v) is 14.8. The Labute approximate surface area is 318 Å². The lowest BCUT2D eigenvalue weighted by Crippen LogP contribution is -2.09. The number of benzene rings is 8. The molecular formula is C51H34N2S. The van der Waals surface area contributed by atoms with Gasteiger partial charge in [0.15, 0.2) is 0 Å². The van der Waals surface area contributed by atoms with E-state index in [2.05, 4.69) is 204 Å². The molecular weight excluding hydrogens is 673 g/mol. The van der Waals surface area contributed by atoms with Crippen LogP contribution in [0.4, 0.5) is 17.1 Å². The van der Waals surface area contributed by atoms with Crippen LogP contribution >= 0.6 is 11.3 Å². The van der Waals surface area contributed by atoms with E-state index in [0.717, 1.165) is 22.6 Å². The number of anilines is 3. The van der Waals surface area contributed by atoms with Crippen molar-refractivity contribution in [3.63, 3.8) is 0 Å². The van der Waals surface area contributed by atoms with Crippen LogP contribution in [0.1, 0.15) is 0 Å². The largest absolute Gasteiger partial charge is 0.311 e. The van der Waals surface area contributed by atoms with E-state index < -0.39 is 0 Å². The van der Waals surface area contributed by atoms with Crippen LogP contribution in [-0.4, -0.2) is 4.98 Å². The SMILES string of the molecule is c1ccc2cc(-c3ccc(-c4ccc(N(c5ccc(-c6ccc7ccccc7c6)cc5)c5ccc(-c6cc7ncccc7s6)cc5)cc4)cc3)ccc2c1. The van der Waals surface area contributed by atoms with E-state index in [4.69, 9.17) is 0 Å². The lowest BCUT2D eigenvalue weighted by atomic mass is 9.98. The van der Waals surface area contributed by atoms with E-state index >= 15 is 0 Å². The first kappa shape index (κ1) is 31.9. The summed E-state index contributed by atoms with van der Waals surface area (Å²) < 4.78 is 1.20. The van der Waals surface area contributed by atoms with E-state index in [0.29, 0.717) is 0 Å². The number of rotatable bonds is 7. The molecule has 0 fully saturated rings. The van der Waals surface area contributed by atoms with Crippen LogP contribution in [0, 0.1) is 0 Å². The van der Waals surface area contributed by atoms with E-state index in [1.165, 1.54) is 70.1 Å². The van der Waals surface area contributed by atoms with Crippen molar-refractivity contribution < 1.29 is 0 Å². The summed E-state index contributed by atoms with van der Waals surface area (Å²) in [7, 11) is 0. The number of aromatic nitrogens is 1. The third-order valence-electron chi connectivity index (χ3n) is 10.3. The Morgan fingerprint density at radius 3 is 1.22 bits per heavy atom. The molecule has 0 saturated heterocycles. The molecule has 10 rings (SSSR count). The quantitative estimate of drug-likeness (QED) is 0.164. The van der Waals surface area contributed by atoms with Crippen LogP contribution in [0.15, 0.2) is 206 Å². The van der Waals surface area contributed by atoms with Crippen LogP contribution in [0.25, 0.3) is 75.6 Å². The highest BCUT2D eigenvalue weighted by Gasteiger charge is 2.15. The first-order chi connectivity index (χ1) is 26.7. The van der Waals surface area contributed by atoms with E-state index in [1.54, 1.807) is 11.3 Å². The molecule has 2 heterocycles. The Morgan fingerprint density at radius 2 is 0.741 bits per heavy atom. The van der Waals surface area contributed by atoms with Crippen molar-refractivity contribution in [2.45, 2.75) is 0 Å². The number of pyridine rings is 1. The Morgan fingerprint density at radius 1 is 0.333 bits per heavy atom. The third-order valence-corrected chi connectivity index (χ3v) is 11.5. The minimum Gasteiger partial charge on any atom is -0.311 e. The maximum absolute atomic E-state index is 4.56. The number of hydrogen-bond donors (Lipinski definition) is 0. The Bertz CT molecular complexity index is 2870. The molecule has 10 aromatic rings. The number of thiophene rings is 1. The van der Waals surface area contributed by atoms with Crippen molar-refractivity contribution in [1.29, 1.82) is 0 Å². The van der Waals surface area contributed by atoms with E-state index in [-0.39, 0.29) is 0 Å². The zero-order valence-electron chi connectivity index (χ0n) is 29.4. The van der Waals surface area contributed by atoms with Gasteiger partial charge in [-0.1, -0.05) is 133 Å². The molecule has 0 spiro atoms. The number of fused-ring (bicyclic) bond motifs is 3. The summed E-state index contributed by atoms with van der Waals surface area (Å²) >= 11 is 1.78. The van der Waals surface area contributed by atoms with Gasteiger partial charge >= 0.3 is 0 Å². The van der Waals surface area contributed by atoms with E-state index in [1.807, 2.05) is 12.3 Å². The fourth-order valence-electron chi connectivity index (χ4n) is 7.43. The smallest absolute Gasteiger partial charge is 0.0816 e. The molecule has 0 aliphatic carbocycles. The van der Waals surface area contributed by atoms with Crippen molar-refractivity contribution in [2.24, 2.45) is 0 Å². The molecule has 0 bridgehead atoms. The lowest BCUT2D eigenvalue weighted by molar-refractivity contribution is 1.28. The van der Waals surface area contributed by atoms with Gasteiger partial charge in [0.05, 0.1) is 10.2 Å². The maximum Gasteiger partial charge on any atom is 0.0816 e. The summed E-state index contributed by atoms with van der Waals surface area (Å²) in [5, 5.41) is 5.02. The number of nitrogens with zero attached hydrogens (tertiary/aromatic N) is 2. The fourth-order valence-corrected chi connectivity index (χ4v) is 8.46. The summed E-state index contributed by atoms with van der Waals surface area (Å²) in [6, 6.07) is 72.4. The molecule has 0 amide bonds. The molecule has 0 atom stereocenters. The molecule has 254 valence electrons. The van der Waals surface area contributed by atoms with Crippen molar-refractivity contribution in [3.05, 3.63) is 206 Å². The normalized spacial score (nSPS) is 11.3. The first-order valence-electron chi connectivity index (χ1n) is 18.3. The summed E-state index contributed by atoms with van der Waals surface area (Å²) in [4.78, 5) is 8.12. The van der Waals surface area contributed by atoms with Gasteiger partial charge in [-0.15, -0.1) is 11.3 Å². The van der Waals surface area contributed by atoms with Crippen molar-refractivity contribution in [2.75, 3.05) is 4.90 Å². The Kier molecular flexibility index (Phi) is 8.05. The molecule has 2 aromatic heterocycles. The summed E-state index contributed by atoms with van der Waals surface area (Å²) in [6.07, 6.45) is 1.86.